The van der Waals surface area contributed by atoms with E-state index in [2.05, 4.69) is 10.3 Å². The van der Waals surface area contributed by atoms with Crippen LogP contribution in [0.4, 0.5) is 18.3 Å². The molecule has 0 aliphatic carbocycles. The molecule has 1 fully saturated rings. The van der Waals surface area contributed by atoms with E-state index >= 15 is 0 Å². The maximum Gasteiger partial charge on any atom is 0.416 e. The van der Waals surface area contributed by atoms with Crippen LogP contribution in [0.2, 0.25) is 5.02 Å². The van der Waals surface area contributed by atoms with Crippen molar-refractivity contribution in [3.8, 4) is 0 Å². The molecule has 1 saturated heterocycles. The molecule has 0 radical (unpaired) electrons. The molecule has 2 aromatic carbocycles. The lowest BCUT2D eigenvalue weighted by molar-refractivity contribution is -0.137. The number of nitrogens with one attached hydrogen (secondary N) is 1. The molecule has 204 valence electrons. The Balaban J connectivity index is 1.18. The molecule has 0 unspecified atom stereocenters. The number of aromatic nitrogens is 1. The summed E-state index contributed by atoms with van der Waals surface area (Å²) in [6, 6.07) is 12.4. The highest BCUT2D eigenvalue weighted by Gasteiger charge is 2.32. The Morgan fingerprint density at radius 1 is 1.13 bits per heavy atom. The second-order valence-corrected chi connectivity index (χ2v) is 12.0. The average molecular weight is 610 g/mol. The van der Waals surface area contributed by atoms with Crippen LogP contribution in [-0.2, 0) is 22.2 Å². The summed E-state index contributed by atoms with van der Waals surface area (Å²) in [6.07, 6.45) is 1.61. The molecular formula is C27H23ClF3N3O2S3. The minimum Gasteiger partial charge on any atom is -0.302 e. The van der Waals surface area contributed by atoms with Crippen LogP contribution in [0.1, 0.15) is 47.3 Å². The van der Waals surface area contributed by atoms with Gasteiger partial charge < -0.3 is 5.32 Å². The number of thiocarbonyl (C=S) groups is 1. The number of rotatable bonds is 10. The van der Waals surface area contributed by atoms with E-state index in [1.165, 1.54) is 29.2 Å². The van der Waals surface area contributed by atoms with E-state index in [1.807, 2.05) is 12.1 Å². The van der Waals surface area contributed by atoms with Gasteiger partial charge in [-0.25, -0.2) is 4.98 Å². The molecule has 2 amide bonds. The Hall–Kier alpha value is -2.73. The van der Waals surface area contributed by atoms with Crippen molar-refractivity contribution < 1.29 is 22.8 Å². The highest BCUT2D eigenvalue weighted by Crippen LogP contribution is 2.33. The van der Waals surface area contributed by atoms with Crippen molar-refractivity contribution in [3.63, 3.8) is 0 Å². The number of amides is 2. The highest BCUT2D eigenvalue weighted by atomic mass is 35.5. The Kier molecular flexibility index (Phi) is 9.81. The van der Waals surface area contributed by atoms with E-state index in [9.17, 15) is 22.8 Å². The van der Waals surface area contributed by atoms with Crippen molar-refractivity contribution in [2.75, 3.05) is 11.9 Å². The van der Waals surface area contributed by atoms with Crippen LogP contribution >= 0.6 is 46.9 Å². The van der Waals surface area contributed by atoms with Gasteiger partial charge in [-0.1, -0.05) is 72.3 Å². The number of halogens is 4. The third-order valence-electron chi connectivity index (χ3n) is 5.76. The quantitative estimate of drug-likeness (QED) is 0.144. The average Bonchev–Trinajstić information content (AvgIpc) is 3.43. The largest absolute Gasteiger partial charge is 0.416 e. The molecule has 5 nitrogen and oxygen atoms in total. The normalized spacial score (nSPS) is 14.9. The van der Waals surface area contributed by atoms with E-state index in [1.54, 1.807) is 35.4 Å². The van der Waals surface area contributed by atoms with E-state index in [0.717, 1.165) is 29.0 Å². The molecule has 4 rings (SSSR count). The number of alkyl halides is 3. The van der Waals surface area contributed by atoms with Gasteiger partial charge in [0.25, 0.3) is 5.91 Å². The Morgan fingerprint density at radius 3 is 2.64 bits per heavy atom. The maximum atomic E-state index is 12.9. The first kappa shape index (κ1) is 29.3. The van der Waals surface area contributed by atoms with Gasteiger partial charge in [0, 0.05) is 35.5 Å². The predicted molar refractivity (Wildman–Crippen MR) is 155 cm³/mol. The van der Waals surface area contributed by atoms with Gasteiger partial charge in [0.15, 0.2) is 5.13 Å². The van der Waals surface area contributed by atoms with Crippen LogP contribution in [0.15, 0.2) is 59.6 Å². The van der Waals surface area contributed by atoms with Gasteiger partial charge in [-0.2, -0.15) is 13.2 Å². The fraction of sp³-hybridized carbons (Fsp3) is 0.259. The minimum absolute atomic E-state index is 0.123. The molecule has 0 bridgehead atoms. The lowest BCUT2D eigenvalue weighted by Gasteiger charge is -2.14. The van der Waals surface area contributed by atoms with E-state index < -0.39 is 11.7 Å². The zero-order chi connectivity index (χ0) is 28.0. The number of nitrogens with zero attached hydrogens (tertiary/aromatic N) is 2. The van der Waals surface area contributed by atoms with Gasteiger partial charge in [-0.15, -0.1) is 11.3 Å². The van der Waals surface area contributed by atoms with Gasteiger partial charge in [0.1, 0.15) is 4.32 Å². The van der Waals surface area contributed by atoms with Crippen molar-refractivity contribution >= 4 is 74.3 Å². The first-order valence-electron chi connectivity index (χ1n) is 12.0. The minimum atomic E-state index is -4.39. The van der Waals surface area contributed by atoms with Gasteiger partial charge in [0.05, 0.1) is 10.5 Å². The number of carbonyl (C=O) groups excluding carboxylic acids is 2. The van der Waals surface area contributed by atoms with Crippen LogP contribution in [-0.4, -0.2) is 32.6 Å². The number of unbranched alkanes of at least 4 members (excludes halogenated alkanes) is 2. The number of benzene rings is 2. The summed E-state index contributed by atoms with van der Waals surface area (Å²) in [5.74, 6) is -0.311. The lowest BCUT2D eigenvalue weighted by atomic mass is 10.1. The molecule has 1 N–H and O–H groups in total. The van der Waals surface area contributed by atoms with Crippen molar-refractivity contribution in [3.05, 3.63) is 86.2 Å². The van der Waals surface area contributed by atoms with Gasteiger partial charge >= 0.3 is 6.18 Å². The van der Waals surface area contributed by atoms with Crippen LogP contribution < -0.4 is 5.32 Å². The highest BCUT2D eigenvalue weighted by molar-refractivity contribution is 8.26. The van der Waals surface area contributed by atoms with Crippen molar-refractivity contribution in [2.45, 2.75) is 38.3 Å². The lowest BCUT2D eigenvalue weighted by Crippen LogP contribution is -2.29. The number of hydrogen-bond acceptors (Lipinski definition) is 6. The second-order valence-electron chi connectivity index (χ2n) is 8.75. The first-order valence-corrected chi connectivity index (χ1v) is 14.4. The van der Waals surface area contributed by atoms with Gasteiger partial charge in [-0.3, -0.25) is 14.5 Å². The smallest absolute Gasteiger partial charge is 0.302 e. The van der Waals surface area contributed by atoms with Crippen LogP contribution in [0.3, 0.4) is 0 Å². The maximum absolute atomic E-state index is 12.9. The molecule has 1 aromatic heterocycles. The Morgan fingerprint density at radius 2 is 1.90 bits per heavy atom. The van der Waals surface area contributed by atoms with Crippen LogP contribution in [0.25, 0.3) is 6.08 Å². The van der Waals surface area contributed by atoms with Gasteiger partial charge in [0.2, 0.25) is 5.91 Å². The number of hydrogen-bond donors (Lipinski definition) is 1. The summed E-state index contributed by atoms with van der Waals surface area (Å²) >= 11 is 13.8. The fourth-order valence-electron chi connectivity index (χ4n) is 3.82. The summed E-state index contributed by atoms with van der Waals surface area (Å²) < 4.78 is 39.3. The Labute approximate surface area is 242 Å². The van der Waals surface area contributed by atoms with Crippen LogP contribution in [0, 0.1) is 0 Å². The predicted octanol–water partition coefficient (Wildman–Crippen LogP) is 7.81. The zero-order valence-electron chi connectivity index (χ0n) is 20.5. The molecule has 0 saturated carbocycles. The molecule has 0 spiro atoms. The SMILES string of the molecule is O=C(CCCCCN1C(=O)C(=Cc2ccc(Cl)cc2)SC1=S)Nc1ncc(Cc2cccc(C(F)(F)F)c2)s1. The molecule has 12 heteroatoms. The zero-order valence-corrected chi connectivity index (χ0v) is 23.7. The van der Waals surface area contributed by atoms with E-state index in [-0.39, 0.29) is 18.2 Å². The standard InChI is InChI=1S/C27H23ClF3N3O2S3/c28-20-10-8-17(9-11-20)15-22-24(36)34(26(37)39-22)12-3-1-2-7-23(35)33-25-32-16-21(38-25)14-18-5-4-6-19(13-18)27(29,30)31/h4-6,8-11,13,15-16H,1-3,7,12,14H2,(H,32,33,35). The number of thiazole rings is 1. The molecule has 39 heavy (non-hydrogen) atoms. The molecule has 1 aliphatic rings. The fourth-order valence-corrected chi connectivity index (χ4v) is 6.12. The van der Waals surface area contributed by atoms with Gasteiger partial charge in [-0.05, 0) is 48.2 Å². The third kappa shape index (κ3) is 8.38. The third-order valence-corrected chi connectivity index (χ3v) is 8.30. The first-order chi connectivity index (χ1) is 18.6. The second kappa shape index (κ2) is 13.1. The molecule has 1 aliphatic heterocycles. The molecule has 0 atom stereocenters. The summed E-state index contributed by atoms with van der Waals surface area (Å²) in [5.41, 5.74) is 0.699. The topological polar surface area (TPSA) is 62.3 Å². The summed E-state index contributed by atoms with van der Waals surface area (Å²) in [5, 5.41) is 3.78. The number of carbonyl (C=O) groups is 2. The molecular weight excluding hydrogens is 587 g/mol. The Bertz CT molecular complexity index is 1390. The van der Waals surface area contributed by atoms with Crippen molar-refractivity contribution in [1.29, 1.82) is 0 Å². The summed E-state index contributed by atoms with van der Waals surface area (Å²) in [4.78, 5) is 32.1. The monoisotopic (exact) mass is 609 g/mol. The summed E-state index contributed by atoms with van der Waals surface area (Å²) in [6.45, 7) is 0.482. The number of thioether (sulfide) groups is 1. The van der Waals surface area contributed by atoms with E-state index in [0.29, 0.717) is 50.8 Å². The van der Waals surface area contributed by atoms with Crippen LogP contribution in [0.5, 0.6) is 0 Å². The molecule has 2 heterocycles. The van der Waals surface area contributed by atoms with Crippen molar-refractivity contribution in [1.82, 2.24) is 9.88 Å². The molecule has 3 aromatic rings. The van der Waals surface area contributed by atoms with E-state index in [4.69, 9.17) is 23.8 Å². The summed E-state index contributed by atoms with van der Waals surface area (Å²) in [7, 11) is 0. The number of anilines is 1. The van der Waals surface area contributed by atoms with Crippen molar-refractivity contribution in [2.24, 2.45) is 0 Å².